The van der Waals surface area contributed by atoms with Crippen molar-refractivity contribution in [1.82, 2.24) is 14.5 Å². The van der Waals surface area contributed by atoms with Crippen molar-refractivity contribution in [3.8, 4) is 17.1 Å². The molecule has 1 fully saturated rings. The molecule has 0 radical (unpaired) electrons. The molecule has 6 heteroatoms. The molecule has 6 nitrogen and oxygen atoms in total. The van der Waals surface area contributed by atoms with Gasteiger partial charge >= 0.3 is 0 Å². The first kappa shape index (κ1) is 23.9. The lowest BCUT2D eigenvalue weighted by Gasteiger charge is -2.23. The van der Waals surface area contributed by atoms with Crippen LogP contribution in [0, 0.1) is 6.92 Å². The molecule has 3 aliphatic rings. The molecule has 0 saturated heterocycles. The minimum absolute atomic E-state index is 0.182. The Bertz CT molecular complexity index is 1500. The van der Waals surface area contributed by atoms with Crippen LogP contribution >= 0.6 is 0 Å². The normalized spacial score (nSPS) is 19.7. The van der Waals surface area contributed by atoms with Crippen molar-refractivity contribution in [2.75, 3.05) is 5.32 Å². The number of rotatable bonds is 4. The SMILES string of the molecule is C/C=c1/nc2cc(Nc3ccc(C)nc3)c(=NC3CCC(O)CC3)cc-2n(-c2ccccc2)/c1=C/C. The summed E-state index contributed by atoms with van der Waals surface area (Å²) in [5.74, 6) is 0. The molecule has 184 valence electrons. The van der Waals surface area contributed by atoms with E-state index < -0.39 is 0 Å². The monoisotopic (exact) mass is 479 g/mol. The van der Waals surface area contributed by atoms with Crippen LogP contribution in [-0.2, 0) is 0 Å². The van der Waals surface area contributed by atoms with Crippen LogP contribution in [0.4, 0.5) is 11.4 Å². The Morgan fingerprint density at radius 3 is 2.44 bits per heavy atom. The quantitative estimate of drug-likeness (QED) is 0.459. The number of hydrogen-bond acceptors (Lipinski definition) is 5. The molecule has 1 aromatic carbocycles. The highest BCUT2D eigenvalue weighted by molar-refractivity contribution is 5.70. The van der Waals surface area contributed by atoms with Gasteiger partial charge in [0.1, 0.15) is 0 Å². The molecule has 2 aromatic rings. The van der Waals surface area contributed by atoms with Gasteiger partial charge in [-0.05, 0) is 82.9 Å². The van der Waals surface area contributed by atoms with Crippen molar-refractivity contribution in [3.63, 3.8) is 0 Å². The highest BCUT2D eigenvalue weighted by Gasteiger charge is 2.20. The van der Waals surface area contributed by atoms with Crippen LogP contribution in [0.15, 0.2) is 65.8 Å². The summed E-state index contributed by atoms with van der Waals surface area (Å²) < 4.78 is 2.26. The summed E-state index contributed by atoms with van der Waals surface area (Å²) in [6.07, 6.45) is 9.16. The summed E-state index contributed by atoms with van der Waals surface area (Å²) in [6, 6.07) is 18.8. The molecule has 2 heterocycles. The predicted molar refractivity (Wildman–Crippen MR) is 146 cm³/mol. The van der Waals surface area contributed by atoms with E-state index in [1.165, 1.54) is 0 Å². The van der Waals surface area contributed by atoms with Crippen LogP contribution in [0.3, 0.4) is 0 Å². The van der Waals surface area contributed by atoms with Crippen LogP contribution < -0.4 is 21.4 Å². The number of benzene rings is 2. The van der Waals surface area contributed by atoms with Gasteiger partial charge < -0.3 is 15.0 Å². The van der Waals surface area contributed by atoms with E-state index in [2.05, 4.69) is 63.4 Å². The number of nitrogens with one attached hydrogen (secondary N) is 1. The number of pyridine rings is 1. The number of para-hydroxylation sites is 1. The summed E-state index contributed by atoms with van der Waals surface area (Å²) >= 11 is 0. The van der Waals surface area contributed by atoms with E-state index in [-0.39, 0.29) is 12.1 Å². The van der Waals surface area contributed by atoms with Gasteiger partial charge in [-0.15, -0.1) is 0 Å². The average Bonchev–Trinajstić information content (AvgIpc) is 2.91. The van der Waals surface area contributed by atoms with Gasteiger partial charge in [0.05, 0.1) is 57.2 Å². The maximum atomic E-state index is 10.00. The summed E-state index contributed by atoms with van der Waals surface area (Å²) in [5.41, 5.74) is 5.76. The maximum Gasteiger partial charge on any atom is 0.0900 e. The number of anilines is 2. The predicted octanol–water partition coefficient (Wildman–Crippen LogP) is 4.23. The molecule has 5 rings (SSSR count). The molecule has 2 N–H and O–H groups in total. The Balaban J connectivity index is 1.77. The fourth-order valence-corrected chi connectivity index (χ4v) is 4.90. The molecule has 0 bridgehead atoms. The van der Waals surface area contributed by atoms with Gasteiger partial charge in [-0.3, -0.25) is 9.98 Å². The third-order valence-electron chi connectivity index (χ3n) is 6.82. The first-order valence-electron chi connectivity index (χ1n) is 12.7. The van der Waals surface area contributed by atoms with Crippen molar-refractivity contribution in [2.45, 2.75) is 58.6 Å². The lowest BCUT2D eigenvalue weighted by atomic mass is 9.93. The second-order valence-corrected chi connectivity index (χ2v) is 9.39. The zero-order valence-electron chi connectivity index (χ0n) is 21.1. The lowest BCUT2D eigenvalue weighted by molar-refractivity contribution is 0.123. The second-order valence-electron chi connectivity index (χ2n) is 9.39. The minimum atomic E-state index is -0.208. The third kappa shape index (κ3) is 4.95. The zero-order chi connectivity index (χ0) is 25.1. The molecular formula is C30H33N5O. The Kier molecular flexibility index (Phi) is 6.96. The Hall–Kier alpha value is -3.77. The van der Waals surface area contributed by atoms with Crippen molar-refractivity contribution in [2.24, 2.45) is 4.99 Å². The highest BCUT2D eigenvalue weighted by atomic mass is 16.3. The van der Waals surface area contributed by atoms with Crippen molar-refractivity contribution in [1.29, 1.82) is 0 Å². The van der Waals surface area contributed by atoms with Gasteiger partial charge in [-0.1, -0.05) is 30.4 Å². The van der Waals surface area contributed by atoms with E-state index in [1.54, 1.807) is 0 Å². The molecule has 0 atom stereocenters. The van der Waals surface area contributed by atoms with Crippen LogP contribution in [0.25, 0.3) is 29.2 Å². The number of nitrogens with zero attached hydrogens (tertiary/aromatic N) is 4. The standard InChI is InChI=1S/C30H33N5O/c1-4-25-29(5-2)35(23-9-7-6-8-10-23)30-18-27(32-21-13-15-24(36)16-14-21)26(17-28(30)34-25)33-22-12-11-20(3)31-19-22/h4-12,17-19,21,24,33,36H,13-16H2,1-3H3/b25-4+,29-5+,32-27?. The number of aromatic nitrogens is 3. The minimum Gasteiger partial charge on any atom is -0.393 e. The van der Waals surface area contributed by atoms with Gasteiger partial charge in [-0.25, -0.2) is 4.98 Å². The number of fused-ring (bicyclic) bond motifs is 1. The van der Waals surface area contributed by atoms with Crippen molar-refractivity contribution >= 4 is 23.5 Å². The summed E-state index contributed by atoms with van der Waals surface area (Å²) in [6.45, 7) is 6.05. The van der Waals surface area contributed by atoms with E-state index in [9.17, 15) is 5.11 Å². The van der Waals surface area contributed by atoms with Crippen molar-refractivity contribution in [3.05, 3.63) is 82.5 Å². The Labute approximate surface area is 211 Å². The smallest absolute Gasteiger partial charge is 0.0900 e. The van der Waals surface area contributed by atoms with Gasteiger partial charge in [0.15, 0.2) is 0 Å². The third-order valence-corrected chi connectivity index (χ3v) is 6.82. The molecule has 2 aliphatic carbocycles. The lowest BCUT2D eigenvalue weighted by Crippen LogP contribution is -2.39. The van der Waals surface area contributed by atoms with Crippen LogP contribution in [0.2, 0.25) is 0 Å². The number of aliphatic hydroxyl groups excluding tert-OH is 1. The van der Waals surface area contributed by atoms with Crippen molar-refractivity contribution < 1.29 is 5.11 Å². The number of aliphatic hydroxyl groups is 1. The van der Waals surface area contributed by atoms with Gasteiger partial charge in [0, 0.05) is 11.4 Å². The number of aryl methyl sites for hydroxylation is 1. The van der Waals surface area contributed by atoms with E-state index in [0.29, 0.717) is 0 Å². The van der Waals surface area contributed by atoms with E-state index in [1.807, 2.05) is 45.2 Å². The molecule has 1 aromatic heterocycles. The Morgan fingerprint density at radius 1 is 1.00 bits per heavy atom. The maximum absolute atomic E-state index is 10.00. The number of hydrogen-bond donors (Lipinski definition) is 2. The molecule has 0 amide bonds. The molecule has 1 aliphatic heterocycles. The summed E-state index contributed by atoms with van der Waals surface area (Å²) in [7, 11) is 0. The highest BCUT2D eigenvalue weighted by Crippen LogP contribution is 2.25. The van der Waals surface area contributed by atoms with Gasteiger partial charge in [-0.2, -0.15) is 0 Å². The van der Waals surface area contributed by atoms with E-state index in [0.717, 1.165) is 75.9 Å². The van der Waals surface area contributed by atoms with Crippen LogP contribution in [0.5, 0.6) is 0 Å². The molecular weight excluding hydrogens is 446 g/mol. The summed E-state index contributed by atoms with van der Waals surface area (Å²) in [4.78, 5) is 14.7. The van der Waals surface area contributed by atoms with Crippen LogP contribution in [0.1, 0.15) is 45.2 Å². The van der Waals surface area contributed by atoms with Gasteiger partial charge in [0.25, 0.3) is 0 Å². The molecule has 0 spiro atoms. The van der Waals surface area contributed by atoms with E-state index >= 15 is 0 Å². The molecule has 0 unspecified atom stereocenters. The fraction of sp³-hybridized carbons (Fsp3) is 0.300. The second kappa shape index (κ2) is 10.5. The fourth-order valence-electron chi connectivity index (χ4n) is 4.90. The summed E-state index contributed by atoms with van der Waals surface area (Å²) in [5, 5.41) is 16.4. The first-order chi connectivity index (χ1) is 17.6. The topological polar surface area (TPSA) is 75.3 Å². The Morgan fingerprint density at radius 2 is 1.78 bits per heavy atom. The van der Waals surface area contributed by atoms with Crippen LogP contribution in [-0.4, -0.2) is 31.8 Å². The van der Waals surface area contributed by atoms with E-state index in [4.69, 9.17) is 9.98 Å². The zero-order valence-corrected chi connectivity index (χ0v) is 21.1. The average molecular weight is 480 g/mol. The van der Waals surface area contributed by atoms with Gasteiger partial charge in [0.2, 0.25) is 0 Å². The molecule has 1 saturated carbocycles. The largest absolute Gasteiger partial charge is 0.393 e. The molecule has 36 heavy (non-hydrogen) atoms. The first-order valence-corrected chi connectivity index (χ1v) is 12.7.